The number of halogens is 1. The molecule has 0 bridgehead atoms. The van der Waals surface area contributed by atoms with E-state index < -0.39 is 11.8 Å². The van der Waals surface area contributed by atoms with Crippen LogP contribution in [0.4, 0.5) is 5.69 Å². The van der Waals surface area contributed by atoms with Crippen molar-refractivity contribution >= 4 is 33.4 Å². The third-order valence-electron chi connectivity index (χ3n) is 3.92. The lowest BCUT2D eigenvalue weighted by Crippen LogP contribution is -2.23. The van der Waals surface area contributed by atoms with Crippen LogP contribution in [0.15, 0.2) is 53.3 Å². The molecule has 0 spiro atoms. The number of benzene rings is 2. The Morgan fingerprint density at radius 3 is 2.62 bits per heavy atom. The SMILES string of the molecule is Cc1cccc(NC(=O)c2c(C(N)=O)ncn2-c2cc(Br)ccc2C)c1. The summed E-state index contributed by atoms with van der Waals surface area (Å²) >= 11 is 3.43. The number of hydrogen-bond donors (Lipinski definition) is 2. The van der Waals surface area contributed by atoms with Crippen LogP contribution in [0.3, 0.4) is 0 Å². The zero-order valence-electron chi connectivity index (χ0n) is 14.3. The van der Waals surface area contributed by atoms with E-state index >= 15 is 0 Å². The Labute approximate surface area is 159 Å². The second-order valence-corrected chi connectivity index (χ2v) is 6.85. The molecule has 1 aromatic heterocycles. The molecule has 132 valence electrons. The van der Waals surface area contributed by atoms with Crippen molar-refractivity contribution < 1.29 is 9.59 Å². The minimum atomic E-state index is -0.759. The fourth-order valence-corrected chi connectivity index (χ4v) is 3.03. The normalized spacial score (nSPS) is 10.6. The summed E-state index contributed by atoms with van der Waals surface area (Å²) in [6.45, 7) is 3.84. The lowest BCUT2D eigenvalue weighted by Gasteiger charge is -2.13. The first-order chi connectivity index (χ1) is 12.4. The number of carbonyl (C=O) groups excluding carboxylic acids is 2. The average molecular weight is 413 g/mol. The second kappa shape index (κ2) is 7.13. The van der Waals surface area contributed by atoms with Crippen molar-refractivity contribution in [3.05, 3.63) is 75.8 Å². The van der Waals surface area contributed by atoms with Crippen molar-refractivity contribution in [2.75, 3.05) is 5.32 Å². The van der Waals surface area contributed by atoms with E-state index in [4.69, 9.17) is 5.73 Å². The summed E-state index contributed by atoms with van der Waals surface area (Å²) in [4.78, 5) is 28.8. The molecule has 1 heterocycles. The molecule has 7 heteroatoms. The molecule has 2 aromatic carbocycles. The molecule has 0 fully saturated rings. The molecule has 0 aliphatic rings. The van der Waals surface area contributed by atoms with Crippen LogP contribution in [0.25, 0.3) is 5.69 Å². The third-order valence-corrected chi connectivity index (χ3v) is 4.42. The molecule has 0 aliphatic carbocycles. The van der Waals surface area contributed by atoms with Gasteiger partial charge in [0.05, 0.1) is 5.69 Å². The largest absolute Gasteiger partial charge is 0.364 e. The van der Waals surface area contributed by atoms with Crippen molar-refractivity contribution in [1.29, 1.82) is 0 Å². The maximum atomic E-state index is 12.9. The van der Waals surface area contributed by atoms with Gasteiger partial charge in [0.25, 0.3) is 11.8 Å². The van der Waals surface area contributed by atoms with Crippen LogP contribution in [0.5, 0.6) is 0 Å². The molecule has 3 rings (SSSR count). The molecule has 3 aromatic rings. The molecule has 0 atom stereocenters. The average Bonchev–Trinajstić information content (AvgIpc) is 3.02. The van der Waals surface area contributed by atoms with Crippen molar-refractivity contribution in [3.63, 3.8) is 0 Å². The Morgan fingerprint density at radius 2 is 1.92 bits per heavy atom. The molecular weight excluding hydrogens is 396 g/mol. The summed E-state index contributed by atoms with van der Waals surface area (Å²) in [7, 11) is 0. The first-order valence-corrected chi connectivity index (χ1v) is 8.68. The quantitative estimate of drug-likeness (QED) is 0.685. The highest BCUT2D eigenvalue weighted by atomic mass is 79.9. The molecule has 2 amide bonds. The molecule has 0 aliphatic heterocycles. The predicted molar refractivity (Wildman–Crippen MR) is 104 cm³/mol. The van der Waals surface area contributed by atoms with Gasteiger partial charge < -0.3 is 11.1 Å². The van der Waals surface area contributed by atoms with Gasteiger partial charge in [0.2, 0.25) is 0 Å². The summed E-state index contributed by atoms with van der Waals surface area (Å²) in [6.07, 6.45) is 1.43. The Balaban J connectivity index is 2.10. The highest BCUT2D eigenvalue weighted by molar-refractivity contribution is 9.10. The summed E-state index contributed by atoms with van der Waals surface area (Å²) < 4.78 is 2.42. The van der Waals surface area contributed by atoms with Gasteiger partial charge in [0.15, 0.2) is 5.69 Å². The summed E-state index contributed by atoms with van der Waals surface area (Å²) in [5.41, 5.74) is 8.74. The van der Waals surface area contributed by atoms with E-state index in [9.17, 15) is 9.59 Å². The van der Waals surface area contributed by atoms with Crippen molar-refractivity contribution in [2.45, 2.75) is 13.8 Å². The van der Waals surface area contributed by atoms with E-state index in [1.807, 2.05) is 50.2 Å². The number of nitrogens with one attached hydrogen (secondary N) is 1. The van der Waals surface area contributed by atoms with Crippen molar-refractivity contribution in [2.24, 2.45) is 5.73 Å². The number of nitrogens with zero attached hydrogens (tertiary/aromatic N) is 2. The van der Waals surface area contributed by atoms with Crippen LogP contribution in [0.1, 0.15) is 32.1 Å². The molecule has 3 N–H and O–H groups in total. The molecule has 26 heavy (non-hydrogen) atoms. The van der Waals surface area contributed by atoms with E-state index in [1.54, 1.807) is 10.6 Å². The lowest BCUT2D eigenvalue weighted by atomic mass is 10.2. The first-order valence-electron chi connectivity index (χ1n) is 7.88. The minimum Gasteiger partial charge on any atom is -0.364 e. The van der Waals surface area contributed by atoms with E-state index in [1.165, 1.54) is 6.33 Å². The van der Waals surface area contributed by atoms with Crippen LogP contribution in [0.2, 0.25) is 0 Å². The molecule has 0 unspecified atom stereocenters. The lowest BCUT2D eigenvalue weighted by molar-refractivity contribution is 0.0971. The number of aromatic nitrogens is 2. The Hall–Kier alpha value is -2.93. The summed E-state index contributed by atoms with van der Waals surface area (Å²) in [6, 6.07) is 13.1. The van der Waals surface area contributed by atoms with Crippen LogP contribution in [-0.2, 0) is 0 Å². The van der Waals surface area contributed by atoms with Gasteiger partial charge in [-0.2, -0.15) is 0 Å². The van der Waals surface area contributed by atoms with Crippen LogP contribution in [0, 0.1) is 13.8 Å². The van der Waals surface area contributed by atoms with E-state index in [0.29, 0.717) is 5.69 Å². The number of amides is 2. The number of nitrogens with two attached hydrogens (primary N) is 1. The zero-order valence-corrected chi connectivity index (χ0v) is 15.9. The zero-order chi connectivity index (χ0) is 18.8. The smallest absolute Gasteiger partial charge is 0.275 e. The number of hydrogen-bond acceptors (Lipinski definition) is 3. The van der Waals surface area contributed by atoms with Gasteiger partial charge in [-0.15, -0.1) is 0 Å². The van der Waals surface area contributed by atoms with Crippen LogP contribution >= 0.6 is 15.9 Å². The van der Waals surface area contributed by atoms with Gasteiger partial charge in [-0.3, -0.25) is 14.2 Å². The van der Waals surface area contributed by atoms with E-state index in [-0.39, 0.29) is 11.4 Å². The Morgan fingerprint density at radius 1 is 1.15 bits per heavy atom. The number of imidazole rings is 1. The summed E-state index contributed by atoms with van der Waals surface area (Å²) in [5, 5.41) is 2.81. The molecular formula is C19H17BrN4O2. The number of aryl methyl sites for hydroxylation is 2. The van der Waals surface area contributed by atoms with Crippen molar-refractivity contribution in [3.8, 4) is 5.69 Å². The third kappa shape index (κ3) is 3.52. The maximum absolute atomic E-state index is 12.9. The highest BCUT2D eigenvalue weighted by Gasteiger charge is 2.24. The Kier molecular flexibility index (Phi) is 4.90. The number of anilines is 1. The summed E-state index contributed by atoms with van der Waals surface area (Å²) in [5.74, 6) is -1.22. The van der Waals surface area contributed by atoms with Gasteiger partial charge >= 0.3 is 0 Å². The topological polar surface area (TPSA) is 90.0 Å². The molecule has 6 nitrogen and oxygen atoms in total. The van der Waals surface area contributed by atoms with Gasteiger partial charge in [-0.1, -0.05) is 34.1 Å². The molecule has 0 saturated carbocycles. The predicted octanol–water partition coefficient (Wildman–Crippen LogP) is 3.60. The second-order valence-electron chi connectivity index (χ2n) is 5.93. The van der Waals surface area contributed by atoms with Gasteiger partial charge in [-0.05, 0) is 49.2 Å². The van der Waals surface area contributed by atoms with Crippen molar-refractivity contribution in [1.82, 2.24) is 9.55 Å². The standard InChI is InChI=1S/C19H17BrN4O2/c1-11-4-3-5-14(8-11)23-19(26)17-16(18(21)25)22-10-24(17)15-9-13(20)7-6-12(15)2/h3-10H,1-2H3,(H2,21,25)(H,23,26). The number of carbonyl (C=O) groups is 2. The van der Waals surface area contributed by atoms with Gasteiger partial charge in [-0.25, -0.2) is 4.98 Å². The molecule has 0 saturated heterocycles. The van der Waals surface area contributed by atoms with Crippen LogP contribution < -0.4 is 11.1 Å². The Bertz CT molecular complexity index is 1010. The van der Waals surface area contributed by atoms with Crippen LogP contribution in [-0.4, -0.2) is 21.4 Å². The highest BCUT2D eigenvalue weighted by Crippen LogP contribution is 2.23. The van der Waals surface area contributed by atoms with E-state index in [0.717, 1.165) is 21.3 Å². The number of rotatable bonds is 4. The fraction of sp³-hybridized carbons (Fsp3) is 0.105. The van der Waals surface area contributed by atoms with Gasteiger partial charge in [0.1, 0.15) is 12.0 Å². The number of primary amides is 1. The first kappa shape index (κ1) is 17.9. The van der Waals surface area contributed by atoms with E-state index in [2.05, 4.69) is 26.2 Å². The van der Waals surface area contributed by atoms with Gasteiger partial charge in [0, 0.05) is 10.2 Å². The molecule has 0 radical (unpaired) electrons. The fourth-order valence-electron chi connectivity index (χ4n) is 2.68. The maximum Gasteiger partial charge on any atom is 0.275 e. The minimum absolute atomic E-state index is 0.0745. The monoisotopic (exact) mass is 412 g/mol.